The second kappa shape index (κ2) is 8.77. The van der Waals surface area contributed by atoms with Crippen molar-refractivity contribution in [3.63, 3.8) is 0 Å². The molecule has 0 aliphatic carbocycles. The maximum absolute atomic E-state index is 12.1. The van der Waals surface area contributed by atoms with Crippen molar-refractivity contribution in [2.75, 3.05) is 6.61 Å². The summed E-state index contributed by atoms with van der Waals surface area (Å²) >= 11 is 6.55. The lowest BCUT2D eigenvalue weighted by Crippen LogP contribution is -2.17. The molecule has 1 amide bonds. The van der Waals surface area contributed by atoms with E-state index in [0.29, 0.717) is 21.1 Å². The Kier molecular flexibility index (Phi) is 6.70. The van der Waals surface area contributed by atoms with Crippen molar-refractivity contribution in [2.45, 2.75) is 6.92 Å². The summed E-state index contributed by atoms with van der Waals surface area (Å²) in [6, 6.07) is 6.86. The van der Waals surface area contributed by atoms with Gasteiger partial charge in [-0.2, -0.15) is 5.10 Å². The van der Waals surface area contributed by atoms with Crippen LogP contribution in [-0.4, -0.2) is 28.8 Å². The Hall–Kier alpha value is -2.46. The topological polar surface area (TPSA) is 114 Å². The van der Waals surface area contributed by atoms with Crippen LogP contribution >= 0.6 is 31.9 Å². The van der Waals surface area contributed by atoms with Crippen LogP contribution in [0, 0.1) is 10.1 Å². The van der Waals surface area contributed by atoms with Crippen molar-refractivity contribution in [1.82, 2.24) is 5.43 Å². The number of hydrogen-bond donors (Lipinski definition) is 2. The van der Waals surface area contributed by atoms with Crippen LogP contribution in [0.4, 0.5) is 5.69 Å². The van der Waals surface area contributed by atoms with Gasteiger partial charge in [-0.25, -0.2) is 5.43 Å². The summed E-state index contributed by atoms with van der Waals surface area (Å²) in [7, 11) is 0. The maximum atomic E-state index is 12.1. The third-order valence-electron chi connectivity index (χ3n) is 3.16. The standard InChI is InChI=1S/C16H13Br2N3O5/c1-2-26-12-7-10(13(17)14(18)15(12)22)8-19-20-16(23)9-4-3-5-11(6-9)21(24)25/h3-8,22H,2H2,1H3,(H,20,23)/b19-8-. The molecule has 0 bridgehead atoms. The van der Waals surface area contributed by atoms with Gasteiger partial charge < -0.3 is 9.84 Å². The van der Waals surface area contributed by atoms with E-state index in [4.69, 9.17) is 4.74 Å². The summed E-state index contributed by atoms with van der Waals surface area (Å²) in [5, 5.41) is 24.6. The molecule has 2 aromatic carbocycles. The third-order valence-corrected chi connectivity index (χ3v) is 5.32. The highest BCUT2D eigenvalue weighted by molar-refractivity contribution is 9.13. The minimum absolute atomic E-state index is 0.0588. The van der Waals surface area contributed by atoms with E-state index < -0.39 is 10.8 Å². The number of ether oxygens (including phenoxy) is 1. The van der Waals surface area contributed by atoms with Gasteiger partial charge in [-0.05, 0) is 50.9 Å². The number of hydrazone groups is 1. The molecule has 0 saturated heterocycles. The first kappa shape index (κ1) is 19.9. The monoisotopic (exact) mass is 485 g/mol. The summed E-state index contributed by atoms with van der Waals surface area (Å²) in [5.41, 5.74) is 2.76. The van der Waals surface area contributed by atoms with E-state index in [-0.39, 0.29) is 22.7 Å². The van der Waals surface area contributed by atoms with E-state index in [0.717, 1.165) is 6.07 Å². The molecule has 0 spiro atoms. The molecule has 0 saturated carbocycles. The number of phenolic OH excluding ortho intramolecular Hbond substituents is 1. The van der Waals surface area contributed by atoms with Gasteiger partial charge in [0.05, 0.1) is 22.2 Å². The highest BCUT2D eigenvalue weighted by Crippen LogP contribution is 2.41. The number of nitro benzene ring substituents is 1. The smallest absolute Gasteiger partial charge is 0.271 e. The van der Waals surface area contributed by atoms with Gasteiger partial charge in [-0.3, -0.25) is 14.9 Å². The van der Waals surface area contributed by atoms with Crippen LogP contribution in [0.25, 0.3) is 0 Å². The third kappa shape index (κ3) is 4.58. The summed E-state index contributed by atoms with van der Waals surface area (Å²) in [6.07, 6.45) is 1.35. The molecule has 0 aliphatic heterocycles. The number of nitrogens with zero attached hydrogens (tertiary/aromatic N) is 2. The number of non-ortho nitro benzene ring substituents is 1. The molecule has 0 atom stereocenters. The fraction of sp³-hybridized carbons (Fsp3) is 0.125. The van der Waals surface area contributed by atoms with Gasteiger partial charge in [0.15, 0.2) is 11.5 Å². The normalized spacial score (nSPS) is 10.7. The van der Waals surface area contributed by atoms with Crippen LogP contribution < -0.4 is 10.2 Å². The van der Waals surface area contributed by atoms with Crippen molar-refractivity contribution in [1.29, 1.82) is 0 Å². The number of benzene rings is 2. The summed E-state index contributed by atoms with van der Waals surface area (Å²) in [5.74, 6) is -0.394. The van der Waals surface area contributed by atoms with E-state index in [9.17, 15) is 20.0 Å². The molecule has 26 heavy (non-hydrogen) atoms. The molecule has 2 aromatic rings. The van der Waals surface area contributed by atoms with E-state index in [1.54, 1.807) is 13.0 Å². The average molecular weight is 487 g/mol. The molecule has 0 aromatic heterocycles. The minimum atomic E-state index is -0.594. The number of hydrogen-bond acceptors (Lipinski definition) is 6. The summed E-state index contributed by atoms with van der Waals surface area (Å²) in [4.78, 5) is 22.2. The van der Waals surface area contributed by atoms with E-state index >= 15 is 0 Å². The number of nitro groups is 1. The number of aromatic hydroxyl groups is 1. The number of phenols is 1. The van der Waals surface area contributed by atoms with Crippen LogP contribution in [0.5, 0.6) is 11.5 Å². The zero-order chi connectivity index (χ0) is 19.3. The van der Waals surface area contributed by atoms with Crippen LogP contribution in [-0.2, 0) is 0 Å². The van der Waals surface area contributed by atoms with Gasteiger partial charge in [0.1, 0.15) is 0 Å². The molecule has 2 N–H and O–H groups in total. The average Bonchev–Trinajstić information content (AvgIpc) is 2.63. The van der Waals surface area contributed by atoms with Gasteiger partial charge in [0, 0.05) is 27.7 Å². The second-order valence-corrected chi connectivity index (χ2v) is 6.47. The molecular formula is C16H13Br2N3O5. The van der Waals surface area contributed by atoms with Crippen molar-refractivity contribution in [2.24, 2.45) is 5.10 Å². The molecule has 8 nitrogen and oxygen atoms in total. The number of carbonyl (C=O) groups excluding carboxylic acids is 1. The van der Waals surface area contributed by atoms with Crippen LogP contribution in [0.2, 0.25) is 0 Å². The quantitative estimate of drug-likeness (QED) is 0.364. The SMILES string of the molecule is CCOc1cc(/C=N\NC(=O)c2cccc([N+](=O)[O-])c2)c(Br)c(Br)c1O. The molecular weight excluding hydrogens is 474 g/mol. The first-order valence-electron chi connectivity index (χ1n) is 7.26. The highest BCUT2D eigenvalue weighted by atomic mass is 79.9. The Morgan fingerprint density at radius 3 is 2.77 bits per heavy atom. The minimum Gasteiger partial charge on any atom is -0.503 e. The molecule has 0 aliphatic rings. The van der Waals surface area contributed by atoms with Crippen LogP contribution in [0.15, 0.2) is 44.4 Å². The Labute approximate surface area is 165 Å². The number of halogens is 2. The number of carbonyl (C=O) groups is 1. The van der Waals surface area contributed by atoms with Crippen molar-refractivity contribution in [3.05, 3.63) is 60.5 Å². The molecule has 0 fully saturated rings. The molecule has 0 unspecified atom stereocenters. The second-order valence-electron chi connectivity index (χ2n) is 4.88. The Morgan fingerprint density at radius 1 is 1.38 bits per heavy atom. The first-order valence-corrected chi connectivity index (χ1v) is 8.85. The van der Waals surface area contributed by atoms with Gasteiger partial charge >= 0.3 is 0 Å². The molecule has 0 radical (unpaired) electrons. The first-order chi connectivity index (χ1) is 12.3. The van der Waals surface area contributed by atoms with Gasteiger partial charge in [0.2, 0.25) is 0 Å². The fourth-order valence-electron chi connectivity index (χ4n) is 1.96. The van der Waals surface area contributed by atoms with Gasteiger partial charge in [-0.15, -0.1) is 0 Å². The lowest BCUT2D eigenvalue weighted by molar-refractivity contribution is -0.384. The van der Waals surface area contributed by atoms with Crippen LogP contribution in [0.3, 0.4) is 0 Å². The highest BCUT2D eigenvalue weighted by Gasteiger charge is 2.15. The molecule has 2 rings (SSSR count). The Balaban J connectivity index is 2.19. The van der Waals surface area contributed by atoms with E-state index in [1.165, 1.54) is 24.4 Å². The van der Waals surface area contributed by atoms with Gasteiger partial charge in [0.25, 0.3) is 11.6 Å². The largest absolute Gasteiger partial charge is 0.503 e. The lowest BCUT2D eigenvalue weighted by Gasteiger charge is -2.10. The van der Waals surface area contributed by atoms with Crippen molar-refractivity contribution < 1.29 is 19.6 Å². The van der Waals surface area contributed by atoms with Crippen LogP contribution in [0.1, 0.15) is 22.8 Å². The summed E-state index contributed by atoms with van der Waals surface area (Å²) in [6.45, 7) is 2.14. The predicted molar refractivity (Wildman–Crippen MR) is 103 cm³/mol. The Morgan fingerprint density at radius 2 is 2.12 bits per heavy atom. The predicted octanol–water partition coefficient (Wildman–Crippen LogP) is 3.99. The summed E-state index contributed by atoms with van der Waals surface area (Å²) < 4.78 is 6.24. The van der Waals surface area contributed by atoms with E-state index in [1.807, 2.05) is 0 Å². The number of amides is 1. The van der Waals surface area contributed by atoms with E-state index in [2.05, 4.69) is 42.4 Å². The molecule has 0 heterocycles. The molecule has 10 heteroatoms. The maximum Gasteiger partial charge on any atom is 0.271 e. The lowest BCUT2D eigenvalue weighted by atomic mass is 10.2. The van der Waals surface area contributed by atoms with Gasteiger partial charge in [-0.1, -0.05) is 6.07 Å². The number of rotatable bonds is 6. The number of nitrogens with one attached hydrogen (secondary N) is 1. The van der Waals surface area contributed by atoms with Crippen molar-refractivity contribution >= 4 is 49.7 Å². The Bertz CT molecular complexity index is 886. The molecule has 136 valence electrons. The van der Waals surface area contributed by atoms with Crippen molar-refractivity contribution in [3.8, 4) is 11.5 Å². The zero-order valence-electron chi connectivity index (χ0n) is 13.4. The zero-order valence-corrected chi connectivity index (χ0v) is 16.6. The fourth-order valence-corrected chi connectivity index (χ4v) is 2.79.